The van der Waals surface area contributed by atoms with Gasteiger partial charge in [0.05, 0.1) is 6.42 Å². The number of para-hydroxylation sites is 1. The van der Waals surface area contributed by atoms with Crippen molar-refractivity contribution in [1.82, 2.24) is 5.32 Å². The van der Waals surface area contributed by atoms with E-state index < -0.39 is 0 Å². The fraction of sp³-hybridized carbons (Fsp3) is 0.125. The van der Waals surface area contributed by atoms with Crippen LogP contribution in [0.15, 0.2) is 54.6 Å². The molecule has 4 nitrogen and oxygen atoms in total. The maximum atomic E-state index is 12.1. The van der Waals surface area contributed by atoms with Crippen LogP contribution in [0, 0.1) is 0 Å². The van der Waals surface area contributed by atoms with Gasteiger partial charge in [-0.2, -0.15) is 0 Å². The van der Waals surface area contributed by atoms with Crippen molar-refractivity contribution in [3.8, 4) is 0 Å². The van der Waals surface area contributed by atoms with Crippen molar-refractivity contribution in [3.63, 3.8) is 0 Å². The van der Waals surface area contributed by atoms with E-state index in [1.807, 2.05) is 36.4 Å². The van der Waals surface area contributed by atoms with Crippen LogP contribution in [0.2, 0.25) is 0 Å². The number of hydrogen-bond acceptors (Lipinski definition) is 2. The van der Waals surface area contributed by atoms with E-state index >= 15 is 0 Å². The summed E-state index contributed by atoms with van der Waals surface area (Å²) in [7, 11) is 1.59. The molecule has 0 heterocycles. The predicted molar refractivity (Wildman–Crippen MR) is 78.6 cm³/mol. The van der Waals surface area contributed by atoms with Crippen LogP contribution in [0.25, 0.3) is 0 Å². The molecule has 0 unspecified atom stereocenters. The van der Waals surface area contributed by atoms with Crippen molar-refractivity contribution in [3.05, 3.63) is 65.7 Å². The third-order valence-electron chi connectivity index (χ3n) is 2.93. The number of nitrogens with one attached hydrogen (secondary N) is 2. The van der Waals surface area contributed by atoms with Gasteiger partial charge < -0.3 is 10.6 Å². The number of hydrogen-bond donors (Lipinski definition) is 2. The molecule has 2 rings (SSSR count). The smallest absolute Gasteiger partial charge is 0.255 e. The van der Waals surface area contributed by atoms with Gasteiger partial charge in [0, 0.05) is 18.3 Å². The zero-order valence-electron chi connectivity index (χ0n) is 11.2. The standard InChI is InChI=1S/C16H16N2O2/c1-17-15(19)11-13-9-5-6-10-14(13)18-16(20)12-7-3-2-4-8-12/h2-10H,11H2,1H3,(H,17,19)(H,18,20). The van der Waals surface area contributed by atoms with Crippen LogP contribution in [0.4, 0.5) is 5.69 Å². The summed E-state index contributed by atoms with van der Waals surface area (Å²) in [5, 5.41) is 5.41. The molecule has 2 aromatic rings. The lowest BCUT2D eigenvalue weighted by atomic mass is 10.1. The molecule has 0 aliphatic rings. The zero-order valence-corrected chi connectivity index (χ0v) is 11.2. The van der Waals surface area contributed by atoms with Crippen molar-refractivity contribution in [2.75, 3.05) is 12.4 Å². The van der Waals surface area contributed by atoms with Gasteiger partial charge in [-0.1, -0.05) is 36.4 Å². The molecule has 0 aromatic heterocycles. The fourth-order valence-corrected chi connectivity index (χ4v) is 1.84. The lowest BCUT2D eigenvalue weighted by molar-refractivity contribution is -0.119. The maximum Gasteiger partial charge on any atom is 0.255 e. The van der Waals surface area contributed by atoms with Crippen molar-refractivity contribution >= 4 is 17.5 Å². The van der Waals surface area contributed by atoms with Crippen molar-refractivity contribution in [2.24, 2.45) is 0 Å². The van der Waals surface area contributed by atoms with E-state index in [0.717, 1.165) is 5.56 Å². The summed E-state index contributed by atoms with van der Waals surface area (Å²) in [4.78, 5) is 23.6. The second kappa shape index (κ2) is 6.52. The Bertz CT molecular complexity index is 609. The summed E-state index contributed by atoms with van der Waals surface area (Å²) in [5.74, 6) is -0.277. The molecule has 0 aliphatic heterocycles. The summed E-state index contributed by atoms with van der Waals surface area (Å²) in [5.41, 5.74) is 2.03. The van der Waals surface area contributed by atoms with Crippen LogP contribution in [-0.4, -0.2) is 18.9 Å². The van der Waals surface area contributed by atoms with Gasteiger partial charge in [-0.3, -0.25) is 9.59 Å². The first-order valence-electron chi connectivity index (χ1n) is 6.35. The van der Waals surface area contributed by atoms with Crippen LogP contribution in [0.1, 0.15) is 15.9 Å². The molecule has 0 atom stereocenters. The molecule has 0 spiro atoms. The van der Waals surface area contributed by atoms with Crippen LogP contribution >= 0.6 is 0 Å². The molecule has 0 bridgehead atoms. The van der Waals surface area contributed by atoms with E-state index in [0.29, 0.717) is 11.3 Å². The molecule has 0 aliphatic carbocycles. The highest BCUT2D eigenvalue weighted by Crippen LogP contribution is 2.16. The first-order valence-corrected chi connectivity index (χ1v) is 6.35. The van der Waals surface area contributed by atoms with Crippen LogP contribution < -0.4 is 10.6 Å². The summed E-state index contributed by atoms with van der Waals surface area (Å²) in [6.07, 6.45) is 0.238. The molecule has 0 saturated heterocycles. The number of amides is 2. The zero-order chi connectivity index (χ0) is 14.4. The highest BCUT2D eigenvalue weighted by molar-refractivity contribution is 6.04. The minimum atomic E-state index is -0.185. The van der Waals surface area contributed by atoms with E-state index in [1.54, 1.807) is 25.2 Å². The number of carbonyl (C=O) groups is 2. The van der Waals surface area contributed by atoms with Gasteiger partial charge in [0.25, 0.3) is 5.91 Å². The molecule has 4 heteroatoms. The van der Waals surface area contributed by atoms with Crippen LogP contribution in [0.3, 0.4) is 0 Å². The van der Waals surface area contributed by atoms with Gasteiger partial charge in [0.1, 0.15) is 0 Å². The van der Waals surface area contributed by atoms with Crippen LogP contribution in [-0.2, 0) is 11.2 Å². The topological polar surface area (TPSA) is 58.2 Å². The minimum Gasteiger partial charge on any atom is -0.359 e. The van der Waals surface area contributed by atoms with Crippen molar-refractivity contribution in [2.45, 2.75) is 6.42 Å². The molecule has 0 fully saturated rings. The summed E-state index contributed by atoms with van der Waals surface area (Å²) >= 11 is 0. The second-order valence-corrected chi connectivity index (χ2v) is 4.33. The van der Waals surface area contributed by atoms with Gasteiger partial charge in [0.2, 0.25) is 5.91 Å². The molecule has 0 saturated carbocycles. The Morgan fingerprint density at radius 3 is 2.30 bits per heavy atom. The average molecular weight is 268 g/mol. The largest absolute Gasteiger partial charge is 0.359 e. The van der Waals surface area contributed by atoms with Crippen molar-refractivity contribution in [1.29, 1.82) is 0 Å². The Labute approximate surface area is 117 Å². The fourth-order valence-electron chi connectivity index (χ4n) is 1.84. The van der Waals surface area contributed by atoms with E-state index in [2.05, 4.69) is 10.6 Å². The summed E-state index contributed by atoms with van der Waals surface area (Å²) in [6.45, 7) is 0. The maximum absolute atomic E-state index is 12.1. The lowest BCUT2D eigenvalue weighted by Gasteiger charge is -2.10. The average Bonchev–Trinajstić information content (AvgIpc) is 2.50. The number of anilines is 1. The normalized spacial score (nSPS) is 9.85. The van der Waals surface area contributed by atoms with Gasteiger partial charge in [-0.25, -0.2) is 0 Å². The SMILES string of the molecule is CNC(=O)Cc1ccccc1NC(=O)c1ccccc1. The van der Waals surface area contributed by atoms with Gasteiger partial charge >= 0.3 is 0 Å². The minimum absolute atomic E-state index is 0.0913. The Hall–Kier alpha value is -2.62. The lowest BCUT2D eigenvalue weighted by Crippen LogP contribution is -2.21. The highest BCUT2D eigenvalue weighted by atomic mass is 16.2. The van der Waals surface area contributed by atoms with Gasteiger partial charge in [-0.15, -0.1) is 0 Å². The molecular weight excluding hydrogens is 252 g/mol. The number of carbonyl (C=O) groups excluding carboxylic acids is 2. The van der Waals surface area contributed by atoms with Gasteiger partial charge in [-0.05, 0) is 23.8 Å². The molecule has 2 amide bonds. The number of rotatable bonds is 4. The molecular formula is C16H16N2O2. The van der Waals surface area contributed by atoms with E-state index in [9.17, 15) is 9.59 Å². The van der Waals surface area contributed by atoms with Crippen molar-refractivity contribution < 1.29 is 9.59 Å². The molecule has 102 valence electrons. The van der Waals surface area contributed by atoms with Gasteiger partial charge in [0.15, 0.2) is 0 Å². The molecule has 2 N–H and O–H groups in total. The van der Waals surface area contributed by atoms with E-state index in [1.165, 1.54) is 0 Å². The summed E-state index contributed by atoms with van der Waals surface area (Å²) < 4.78 is 0. The third kappa shape index (κ3) is 3.45. The molecule has 2 aromatic carbocycles. The second-order valence-electron chi connectivity index (χ2n) is 4.33. The Morgan fingerprint density at radius 2 is 1.60 bits per heavy atom. The monoisotopic (exact) mass is 268 g/mol. The Kier molecular flexibility index (Phi) is 4.50. The summed E-state index contributed by atoms with van der Waals surface area (Å²) in [6, 6.07) is 16.3. The number of likely N-dealkylation sites (N-methyl/N-ethyl adjacent to an activating group) is 1. The van der Waals surface area contributed by atoms with E-state index in [-0.39, 0.29) is 18.2 Å². The highest BCUT2D eigenvalue weighted by Gasteiger charge is 2.10. The first-order chi connectivity index (χ1) is 9.70. The number of benzene rings is 2. The Balaban J connectivity index is 2.17. The first kappa shape index (κ1) is 13.8. The predicted octanol–water partition coefficient (Wildman–Crippen LogP) is 2.23. The van der Waals surface area contributed by atoms with E-state index in [4.69, 9.17) is 0 Å². The quantitative estimate of drug-likeness (QED) is 0.893. The molecule has 20 heavy (non-hydrogen) atoms. The Morgan fingerprint density at radius 1 is 0.950 bits per heavy atom. The third-order valence-corrected chi connectivity index (χ3v) is 2.93. The van der Waals surface area contributed by atoms with Crippen LogP contribution in [0.5, 0.6) is 0 Å². The molecule has 0 radical (unpaired) electrons.